The summed E-state index contributed by atoms with van der Waals surface area (Å²) < 4.78 is 30.7. The van der Waals surface area contributed by atoms with Crippen LogP contribution in [0.25, 0.3) is 0 Å². The molecule has 0 fully saturated rings. The summed E-state index contributed by atoms with van der Waals surface area (Å²) >= 11 is 1.89. The van der Waals surface area contributed by atoms with Gasteiger partial charge >= 0.3 is 0 Å². The van der Waals surface area contributed by atoms with Crippen molar-refractivity contribution in [1.82, 2.24) is 0 Å². The summed E-state index contributed by atoms with van der Waals surface area (Å²) in [5.74, 6) is 0.0465. The van der Waals surface area contributed by atoms with E-state index in [4.69, 9.17) is 4.74 Å². The van der Waals surface area contributed by atoms with Crippen molar-refractivity contribution >= 4 is 28.4 Å². The molecule has 0 atom stereocenters. The molecule has 0 bridgehead atoms. The summed E-state index contributed by atoms with van der Waals surface area (Å²) in [5, 5.41) is 0. The molecule has 1 aromatic carbocycles. The lowest BCUT2D eigenvalue weighted by molar-refractivity contribution is 0.0998. The van der Waals surface area contributed by atoms with Crippen LogP contribution in [-0.4, -0.2) is 12.9 Å². The Hall–Kier alpha value is -0.720. The highest BCUT2D eigenvalue weighted by Gasteiger charge is 2.18. The average Bonchev–Trinajstić information content (AvgIpc) is 2.16. The van der Waals surface area contributed by atoms with Crippen LogP contribution in [0.5, 0.6) is 5.75 Å². The molecule has 0 heterocycles. The Bertz CT molecular complexity index is 391. The number of ketones is 1. The Balaban J connectivity index is 3.39. The van der Waals surface area contributed by atoms with Crippen LogP contribution in [0.2, 0.25) is 0 Å². The van der Waals surface area contributed by atoms with Gasteiger partial charge in [0.25, 0.3) is 6.43 Å². The molecular weight excluding hydrogens is 317 g/mol. The maximum atomic E-state index is 12.6. The summed E-state index contributed by atoms with van der Waals surface area (Å²) in [5.41, 5.74) is -0.227. The zero-order valence-corrected chi connectivity index (χ0v) is 10.3. The lowest BCUT2D eigenvalue weighted by Gasteiger charge is -2.10. The molecule has 0 saturated carbocycles. The van der Waals surface area contributed by atoms with E-state index in [1.807, 2.05) is 22.6 Å². The number of ether oxygens (including phenoxy) is 1. The molecule has 0 aliphatic rings. The van der Waals surface area contributed by atoms with Crippen molar-refractivity contribution in [2.75, 3.05) is 7.11 Å². The number of benzene rings is 1. The first-order valence-corrected chi connectivity index (χ1v) is 5.21. The van der Waals surface area contributed by atoms with Gasteiger partial charge in [-0.2, -0.15) is 0 Å². The van der Waals surface area contributed by atoms with E-state index in [0.29, 0.717) is 9.32 Å². The Labute approximate surface area is 99.8 Å². The molecule has 5 heteroatoms. The van der Waals surface area contributed by atoms with Gasteiger partial charge in [0.05, 0.1) is 10.7 Å². The second kappa shape index (κ2) is 4.87. The third-order valence-corrected chi connectivity index (χ3v) is 2.78. The predicted molar refractivity (Wildman–Crippen MR) is 60.7 cm³/mol. The number of carbonyl (C=O) groups excluding carboxylic acids is 1. The standard InChI is InChI=1S/C10H9F2IO2/c1-5(14)6-4-9(15-2)8(13)3-7(6)10(11)12/h3-4,10H,1-2H3. The molecule has 0 aliphatic carbocycles. The summed E-state index contributed by atoms with van der Waals surface area (Å²) in [6.07, 6.45) is -2.65. The first-order chi connectivity index (χ1) is 6.97. The molecule has 82 valence electrons. The molecule has 0 spiro atoms. The predicted octanol–water partition coefficient (Wildman–Crippen LogP) is 3.44. The van der Waals surface area contributed by atoms with Gasteiger partial charge in [-0.25, -0.2) is 8.78 Å². The lowest BCUT2D eigenvalue weighted by Crippen LogP contribution is -2.02. The number of methoxy groups -OCH3 is 1. The highest BCUT2D eigenvalue weighted by Crippen LogP contribution is 2.31. The van der Waals surface area contributed by atoms with Gasteiger partial charge in [-0.15, -0.1) is 0 Å². The summed E-state index contributed by atoms with van der Waals surface area (Å²) in [6, 6.07) is 2.63. The molecule has 0 unspecified atom stereocenters. The van der Waals surface area contributed by atoms with Gasteiger partial charge in [0.15, 0.2) is 5.78 Å². The van der Waals surface area contributed by atoms with E-state index < -0.39 is 6.43 Å². The Kier molecular flexibility index (Phi) is 4.01. The minimum atomic E-state index is -2.65. The topological polar surface area (TPSA) is 26.3 Å². The van der Waals surface area contributed by atoms with E-state index in [1.165, 1.54) is 26.2 Å². The van der Waals surface area contributed by atoms with Crippen LogP contribution in [0.4, 0.5) is 8.78 Å². The van der Waals surface area contributed by atoms with E-state index in [9.17, 15) is 13.6 Å². The average molecular weight is 326 g/mol. The van der Waals surface area contributed by atoms with Gasteiger partial charge in [-0.3, -0.25) is 4.79 Å². The van der Waals surface area contributed by atoms with Crippen LogP contribution in [0.15, 0.2) is 12.1 Å². The molecule has 2 nitrogen and oxygen atoms in total. The largest absolute Gasteiger partial charge is 0.496 e. The number of rotatable bonds is 3. The van der Waals surface area contributed by atoms with Crippen LogP contribution in [0.3, 0.4) is 0 Å². The molecule has 0 N–H and O–H groups in total. The van der Waals surface area contributed by atoms with E-state index in [0.717, 1.165) is 0 Å². The Morgan fingerprint density at radius 1 is 1.47 bits per heavy atom. The molecule has 15 heavy (non-hydrogen) atoms. The summed E-state index contributed by atoms with van der Waals surface area (Å²) in [7, 11) is 1.43. The van der Waals surface area contributed by atoms with E-state index in [2.05, 4.69) is 0 Å². The molecule has 1 rings (SSSR count). The zero-order valence-electron chi connectivity index (χ0n) is 8.18. The second-order valence-corrected chi connectivity index (χ2v) is 4.09. The normalized spacial score (nSPS) is 10.5. The molecule has 0 aromatic heterocycles. The first-order valence-electron chi connectivity index (χ1n) is 4.14. The van der Waals surface area contributed by atoms with Crippen molar-refractivity contribution in [3.05, 3.63) is 26.8 Å². The van der Waals surface area contributed by atoms with E-state index >= 15 is 0 Å². The Morgan fingerprint density at radius 3 is 2.47 bits per heavy atom. The zero-order chi connectivity index (χ0) is 11.6. The first kappa shape index (κ1) is 12.4. The number of hydrogen-bond acceptors (Lipinski definition) is 2. The van der Waals surface area contributed by atoms with Gasteiger partial charge in [-0.05, 0) is 41.6 Å². The molecule has 0 saturated heterocycles. The third-order valence-electron chi connectivity index (χ3n) is 1.94. The minimum Gasteiger partial charge on any atom is -0.496 e. The van der Waals surface area contributed by atoms with Crippen LogP contribution in [-0.2, 0) is 0 Å². The monoisotopic (exact) mass is 326 g/mol. The maximum Gasteiger partial charge on any atom is 0.264 e. The number of carbonyl (C=O) groups is 1. The fraction of sp³-hybridized carbons (Fsp3) is 0.300. The SMILES string of the molecule is COc1cc(C(C)=O)c(C(F)F)cc1I. The van der Waals surface area contributed by atoms with E-state index in [1.54, 1.807) is 0 Å². The van der Waals surface area contributed by atoms with Crippen molar-refractivity contribution in [3.8, 4) is 5.75 Å². The van der Waals surface area contributed by atoms with Crippen molar-refractivity contribution in [2.24, 2.45) is 0 Å². The smallest absolute Gasteiger partial charge is 0.264 e. The number of halogens is 3. The second-order valence-electron chi connectivity index (χ2n) is 2.93. The lowest BCUT2D eigenvalue weighted by atomic mass is 10.0. The molecule has 0 aliphatic heterocycles. The van der Waals surface area contributed by atoms with Crippen molar-refractivity contribution in [2.45, 2.75) is 13.3 Å². The van der Waals surface area contributed by atoms with E-state index in [-0.39, 0.29) is 16.9 Å². The summed E-state index contributed by atoms with van der Waals surface area (Å²) in [4.78, 5) is 11.2. The fourth-order valence-electron chi connectivity index (χ4n) is 1.21. The van der Waals surface area contributed by atoms with Crippen molar-refractivity contribution in [1.29, 1.82) is 0 Å². The van der Waals surface area contributed by atoms with Crippen molar-refractivity contribution < 1.29 is 18.3 Å². The molecule has 1 aromatic rings. The highest BCUT2D eigenvalue weighted by atomic mass is 127. The van der Waals surface area contributed by atoms with Gasteiger partial charge in [0.2, 0.25) is 0 Å². The fourth-order valence-corrected chi connectivity index (χ4v) is 1.92. The highest BCUT2D eigenvalue weighted by molar-refractivity contribution is 14.1. The minimum absolute atomic E-state index is 0.0160. The van der Waals surface area contributed by atoms with Crippen LogP contribution >= 0.6 is 22.6 Å². The van der Waals surface area contributed by atoms with Crippen molar-refractivity contribution in [3.63, 3.8) is 0 Å². The van der Waals surface area contributed by atoms with Crippen LogP contribution < -0.4 is 4.74 Å². The van der Waals surface area contributed by atoms with Gasteiger partial charge < -0.3 is 4.74 Å². The molecule has 0 amide bonds. The quantitative estimate of drug-likeness (QED) is 0.628. The Morgan fingerprint density at radius 2 is 2.07 bits per heavy atom. The van der Waals surface area contributed by atoms with Gasteiger partial charge in [0.1, 0.15) is 5.75 Å². The maximum absolute atomic E-state index is 12.6. The number of hydrogen-bond donors (Lipinski definition) is 0. The molecular formula is C10H9F2IO2. The van der Waals surface area contributed by atoms with Gasteiger partial charge in [0, 0.05) is 11.1 Å². The number of alkyl halides is 2. The third kappa shape index (κ3) is 2.64. The van der Waals surface area contributed by atoms with Crippen LogP contribution in [0.1, 0.15) is 29.3 Å². The number of Topliss-reactive ketones (excluding diaryl/α,β-unsaturated/α-hetero) is 1. The molecule has 0 radical (unpaired) electrons. The van der Waals surface area contributed by atoms with Gasteiger partial charge in [-0.1, -0.05) is 0 Å². The summed E-state index contributed by atoms with van der Waals surface area (Å²) in [6.45, 7) is 1.26. The van der Waals surface area contributed by atoms with Crippen LogP contribution in [0, 0.1) is 3.57 Å².